The van der Waals surface area contributed by atoms with Crippen LogP contribution < -0.4 is 0 Å². The zero-order chi connectivity index (χ0) is 14.0. The minimum absolute atomic E-state index is 0.00332. The number of rotatable bonds is 2. The highest BCUT2D eigenvalue weighted by Crippen LogP contribution is 2.23. The number of β-amino-alcohol motifs (C(OH)–C–C–N with tert-alkyl or cyclic N) is 1. The van der Waals surface area contributed by atoms with Crippen LogP contribution in [0.3, 0.4) is 0 Å². The molecule has 106 valence electrons. The smallest absolute Gasteiger partial charge is 0.410 e. The van der Waals surface area contributed by atoms with Crippen molar-refractivity contribution in [3.8, 4) is 0 Å². The van der Waals surface area contributed by atoms with E-state index in [9.17, 15) is 9.90 Å². The maximum absolute atomic E-state index is 11.9. The molecular weight excluding hydrogens is 266 g/mol. The summed E-state index contributed by atoms with van der Waals surface area (Å²) in [5.74, 6) is -0.00332. The van der Waals surface area contributed by atoms with Crippen molar-refractivity contribution in [3.63, 3.8) is 0 Å². The normalized spacial score (nSPS) is 23.7. The van der Waals surface area contributed by atoms with Gasteiger partial charge in [0.25, 0.3) is 0 Å². The van der Waals surface area contributed by atoms with Gasteiger partial charge in [0.2, 0.25) is 0 Å². The number of aliphatic hydroxyl groups excluding tert-OH is 1. The van der Waals surface area contributed by atoms with Gasteiger partial charge in [0.1, 0.15) is 5.60 Å². The van der Waals surface area contributed by atoms with Gasteiger partial charge in [0.15, 0.2) is 0 Å². The molecule has 1 aliphatic heterocycles. The van der Waals surface area contributed by atoms with Crippen molar-refractivity contribution in [1.82, 2.24) is 14.5 Å². The van der Waals surface area contributed by atoms with E-state index in [4.69, 9.17) is 4.74 Å². The van der Waals surface area contributed by atoms with Crippen molar-refractivity contribution in [1.29, 1.82) is 0 Å². The van der Waals surface area contributed by atoms with Crippen molar-refractivity contribution in [2.24, 2.45) is 5.92 Å². The molecule has 0 bridgehead atoms. The number of hydrogen-bond donors (Lipinski definition) is 1. The third-order valence-electron chi connectivity index (χ3n) is 2.93. The van der Waals surface area contributed by atoms with Crippen molar-refractivity contribution >= 4 is 17.6 Å². The number of ether oxygens (including phenoxy) is 1. The highest BCUT2D eigenvalue weighted by Gasteiger charge is 2.36. The molecule has 0 aromatic carbocycles. The second-order valence-electron chi connectivity index (χ2n) is 5.81. The second-order valence-corrected chi connectivity index (χ2v) is 6.42. The Bertz CT molecular complexity index is 430. The summed E-state index contributed by atoms with van der Waals surface area (Å²) in [5.41, 5.74) is 0.346. The summed E-state index contributed by atoms with van der Waals surface area (Å²) in [6.45, 7) is 6.30. The zero-order valence-electron chi connectivity index (χ0n) is 11.4. The first-order valence-electron chi connectivity index (χ1n) is 6.27. The number of hydrogen-bond acceptors (Lipinski definition) is 6. The second kappa shape index (κ2) is 5.42. The number of amides is 1. The molecule has 6 nitrogen and oxygen atoms in total. The highest BCUT2D eigenvalue weighted by molar-refractivity contribution is 7.03. The SMILES string of the molecule is CC(C)(C)OC(=O)N1CC(O)C(Cc2csnn2)C1. The fourth-order valence-corrected chi connectivity index (χ4v) is 2.54. The standard InChI is InChI=1S/C12H19N3O3S/c1-12(2,3)18-11(17)15-5-8(10(16)6-15)4-9-7-19-14-13-9/h7-8,10,16H,4-6H2,1-3H3. The Morgan fingerprint density at radius 1 is 1.58 bits per heavy atom. The van der Waals surface area contributed by atoms with Crippen LogP contribution in [-0.2, 0) is 11.2 Å². The minimum atomic E-state index is -0.533. The molecule has 7 heteroatoms. The summed E-state index contributed by atoms with van der Waals surface area (Å²) in [7, 11) is 0. The van der Waals surface area contributed by atoms with Crippen LogP contribution >= 0.6 is 11.5 Å². The topological polar surface area (TPSA) is 75.5 Å². The van der Waals surface area contributed by atoms with E-state index in [1.165, 1.54) is 11.5 Å². The molecule has 0 saturated carbocycles. The van der Waals surface area contributed by atoms with Crippen molar-refractivity contribution < 1.29 is 14.6 Å². The Labute approximate surface area is 116 Å². The number of carbonyl (C=O) groups excluding carboxylic acids is 1. The molecule has 1 aliphatic rings. The summed E-state index contributed by atoms with van der Waals surface area (Å²) >= 11 is 1.29. The van der Waals surface area contributed by atoms with Gasteiger partial charge < -0.3 is 14.7 Å². The Kier molecular flexibility index (Phi) is 4.05. The summed E-state index contributed by atoms with van der Waals surface area (Å²) in [5, 5.41) is 15.8. The molecule has 0 radical (unpaired) electrons. The molecular formula is C12H19N3O3S. The molecule has 1 aromatic heterocycles. The maximum Gasteiger partial charge on any atom is 0.410 e. The van der Waals surface area contributed by atoms with Crippen LogP contribution in [0.4, 0.5) is 4.79 Å². The lowest BCUT2D eigenvalue weighted by molar-refractivity contribution is 0.0269. The van der Waals surface area contributed by atoms with Crippen molar-refractivity contribution in [2.75, 3.05) is 13.1 Å². The van der Waals surface area contributed by atoms with Crippen LogP contribution in [0, 0.1) is 5.92 Å². The van der Waals surface area contributed by atoms with E-state index in [2.05, 4.69) is 9.59 Å². The van der Waals surface area contributed by atoms with Gasteiger partial charge in [-0.05, 0) is 38.7 Å². The van der Waals surface area contributed by atoms with Gasteiger partial charge in [0, 0.05) is 17.8 Å². The first kappa shape index (κ1) is 14.2. The van der Waals surface area contributed by atoms with Crippen LogP contribution in [0.1, 0.15) is 26.5 Å². The third kappa shape index (κ3) is 3.87. The molecule has 19 heavy (non-hydrogen) atoms. The molecule has 2 atom stereocenters. The molecule has 1 saturated heterocycles. The average Bonchev–Trinajstić information content (AvgIpc) is 2.88. The predicted molar refractivity (Wildman–Crippen MR) is 70.9 cm³/mol. The fraction of sp³-hybridized carbons (Fsp3) is 0.750. The Morgan fingerprint density at radius 3 is 2.89 bits per heavy atom. The number of likely N-dealkylation sites (tertiary alicyclic amines) is 1. The predicted octanol–water partition coefficient (Wildman–Crippen LogP) is 1.31. The first-order chi connectivity index (χ1) is 8.85. The van der Waals surface area contributed by atoms with E-state index >= 15 is 0 Å². The van der Waals surface area contributed by atoms with Gasteiger partial charge in [0.05, 0.1) is 18.3 Å². The van der Waals surface area contributed by atoms with E-state index in [1.54, 1.807) is 4.90 Å². The summed E-state index contributed by atoms with van der Waals surface area (Å²) in [6, 6.07) is 0. The van der Waals surface area contributed by atoms with E-state index in [1.807, 2.05) is 26.2 Å². The van der Waals surface area contributed by atoms with E-state index < -0.39 is 11.7 Å². The third-order valence-corrected chi connectivity index (χ3v) is 3.49. The summed E-state index contributed by atoms with van der Waals surface area (Å²) < 4.78 is 9.10. The molecule has 2 unspecified atom stereocenters. The average molecular weight is 285 g/mol. The van der Waals surface area contributed by atoms with Crippen molar-refractivity contribution in [2.45, 2.75) is 38.9 Å². The lowest BCUT2D eigenvalue weighted by Gasteiger charge is -2.24. The lowest BCUT2D eigenvalue weighted by atomic mass is 10.0. The fourth-order valence-electron chi connectivity index (χ4n) is 2.07. The van der Waals surface area contributed by atoms with Gasteiger partial charge >= 0.3 is 6.09 Å². The Morgan fingerprint density at radius 2 is 2.32 bits per heavy atom. The van der Waals surface area contributed by atoms with Crippen LogP contribution in [0.2, 0.25) is 0 Å². The molecule has 1 fully saturated rings. The minimum Gasteiger partial charge on any atom is -0.444 e. The molecule has 2 rings (SSSR count). The van der Waals surface area contributed by atoms with Crippen LogP contribution in [0.5, 0.6) is 0 Å². The number of aliphatic hydroxyl groups is 1. The Hall–Kier alpha value is -1.21. The van der Waals surface area contributed by atoms with Crippen LogP contribution in [0.15, 0.2) is 5.38 Å². The van der Waals surface area contributed by atoms with Crippen LogP contribution in [0.25, 0.3) is 0 Å². The number of carbonyl (C=O) groups is 1. The van der Waals surface area contributed by atoms with Gasteiger partial charge in [-0.2, -0.15) is 0 Å². The van der Waals surface area contributed by atoms with Gasteiger partial charge in [-0.1, -0.05) is 4.49 Å². The van der Waals surface area contributed by atoms with Gasteiger partial charge in [-0.25, -0.2) is 4.79 Å². The van der Waals surface area contributed by atoms with E-state index in [0.717, 1.165) is 5.69 Å². The van der Waals surface area contributed by atoms with Gasteiger partial charge in [-0.3, -0.25) is 0 Å². The first-order valence-corrected chi connectivity index (χ1v) is 7.11. The number of nitrogens with zero attached hydrogens (tertiary/aromatic N) is 3. The van der Waals surface area contributed by atoms with E-state index in [0.29, 0.717) is 19.5 Å². The zero-order valence-corrected chi connectivity index (χ0v) is 12.2. The number of aromatic nitrogens is 2. The van der Waals surface area contributed by atoms with Gasteiger partial charge in [-0.15, -0.1) is 5.10 Å². The highest BCUT2D eigenvalue weighted by atomic mass is 32.1. The molecule has 1 amide bonds. The molecule has 1 aromatic rings. The summed E-state index contributed by atoms with van der Waals surface area (Å²) in [6.07, 6.45) is -0.267. The Balaban J connectivity index is 1.91. The lowest BCUT2D eigenvalue weighted by Crippen LogP contribution is -2.35. The molecule has 2 heterocycles. The van der Waals surface area contributed by atoms with Crippen molar-refractivity contribution in [3.05, 3.63) is 11.1 Å². The molecule has 0 aliphatic carbocycles. The molecule has 0 spiro atoms. The summed E-state index contributed by atoms with van der Waals surface area (Å²) in [4.78, 5) is 13.5. The monoisotopic (exact) mass is 285 g/mol. The van der Waals surface area contributed by atoms with Crippen LogP contribution in [-0.4, -0.2) is 50.5 Å². The molecule has 1 N–H and O–H groups in total. The van der Waals surface area contributed by atoms with E-state index in [-0.39, 0.29) is 12.0 Å². The maximum atomic E-state index is 11.9. The quantitative estimate of drug-likeness (QED) is 0.886. The largest absolute Gasteiger partial charge is 0.444 e.